The van der Waals surface area contributed by atoms with Crippen molar-refractivity contribution in [2.45, 2.75) is 65.5 Å². The van der Waals surface area contributed by atoms with Crippen LogP contribution in [0.4, 0.5) is 0 Å². The predicted molar refractivity (Wildman–Crippen MR) is 101 cm³/mol. The molecule has 1 aliphatic heterocycles. The van der Waals surface area contributed by atoms with Crippen molar-refractivity contribution >= 4 is 11.9 Å². The number of aliphatic imine (C=N–C) groups is 1. The number of hydrogen-bond acceptors (Lipinski definition) is 3. The van der Waals surface area contributed by atoms with Crippen LogP contribution in [-0.2, 0) is 4.79 Å². The van der Waals surface area contributed by atoms with Crippen molar-refractivity contribution in [1.29, 1.82) is 0 Å². The van der Waals surface area contributed by atoms with Crippen LogP contribution in [0.1, 0.15) is 53.4 Å². The molecule has 1 fully saturated rings. The summed E-state index contributed by atoms with van der Waals surface area (Å²) < 4.78 is 0. The van der Waals surface area contributed by atoms with Crippen LogP contribution >= 0.6 is 0 Å². The number of piperidine rings is 1. The molecular weight excluding hydrogens is 302 g/mol. The van der Waals surface area contributed by atoms with Crippen LogP contribution in [0.5, 0.6) is 0 Å². The quantitative estimate of drug-likeness (QED) is 0.401. The molecule has 1 unspecified atom stereocenters. The van der Waals surface area contributed by atoms with Crippen LogP contribution < -0.4 is 11.1 Å². The van der Waals surface area contributed by atoms with Crippen LogP contribution in [0.25, 0.3) is 0 Å². The van der Waals surface area contributed by atoms with Crippen molar-refractivity contribution in [2.75, 3.05) is 33.2 Å². The third-order valence-electron chi connectivity index (χ3n) is 4.72. The summed E-state index contributed by atoms with van der Waals surface area (Å²) in [6.45, 7) is 12.9. The Labute approximate surface area is 147 Å². The van der Waals surface area contributed by atoms with Crippen molar-refractivity contribution in [2.24, 2.45) is 16.6 Å². The lowest BCUT2D eigenvalue weighted by Gasteiger charge is -2.35. The third-order valence-corrected chi connectivity index (χ3v) is 4.72. The van der Waals surface area contributed by atoms with Crippen molar-refractivity contribution in [1.82, 2.24) is 15.1 Å². The molecule has 1 rings (SSSR count). The summed E-state index contributed by atoms with van der Waals surface area (Å²) in [5, 5.41) is 3.48. The van der Waals surface area contributed by atoms with Crippen LogP contribution in [0.3, 0.4) is 0 Å². The van der Waals surface area contributed by atoms with E-state index >= 15 is 0 Å². The first-order valence-corrected chi connectivity index (χ1v) is 9.34. The number of guanidine groups is 1. The highest BCUT2D eigenvalue weighted by molar-refractivity contribution is 5.80. The van der Waals surface area contributed by atoms with Gasteiger partial charge in [-0.25, -0.2) is 0 Å². The Balaban J connectivity index is 2.40. The molecule has 0 aromatic carbocycles. The minimum absolute atomic E-state index is 0.202. The zero-order valence-electron chi connectivity index (χ0n) is 16.2. The van der Waals surface area contributed by atoms with Gasteiger partial charge in [0.25, 0.3) is 0 Å². The lowest BCUT2D eigenvalue weighted by Crippen LogP contribution is -2.47. The topological polar surface area (TPSA) is 74.0 Å². The number of nitrogens with zero attached hydrogens (tertiary/aromatic N) is 3. The fourth-order valence-corrected chi connectivity index (χ4v) is 3.62. The van der Waals surface area contributed by atoms with E-state index in [1.165, 1.54) is 0 Å². The molecule has 0 spiro atoms. The lowest BCUT2D eigenvalue weighted by atomic mass is 9.95. The first kappa shape index (κ1) is 20.7. The molecule has 24 heavy (non-hydrogen) atoms. The number of amides is 1. The monoisotopic (exact) mass is 339 g/mol. The summed E-state index contributed by atoms with van der Waals surface area (Å²) in [6.07, 6.45) is 3.74. The Bertz CT molecular complexity index is 400. The first-order chi connectivity index (χ1) is 11.3. The minimum Gasteiger partial charge on any atom is -0.370 e. The molecule has 1 amide bonds. The van der Waals surface area contributed by atoms with Gasteiger partial charge < -0.3 is 16.0 Å². The molecule has 1 atom stereocenters. The highest BCUT2D eigenvalue weighted by atomic mass is 16.1. The molecule has 1 heterocycles. The maximum Gasteiger partial charge on any atom is 0.217 e. The molecule has 0 aromatic heterocycles. The molecule has 6 nitrogen and oxygen atoms in total. The van der Waals surface area contributed by atoms with Gasteiger partial charge in [-0.3, -0.25) is 14.7 Å². The second kappa shape index (κ2) is 10.5. The van der Waals surface area contributed by atoms with E-state index in [4.69, 9.17) is 5.73 Å². The van der Waals surface area contributed by atoms with Crippen molar-refractivity contribution < 1.29 is 4.79 Å². The number of nitrogens with two attached hydrogens (primary N) is 1. The Morgan fingerprint density at radius 1 is 1.33 bits per heavy atom. The van der Waals surface area contributed by atoms with Crippen LogP contribution in [0.15, 0.2) is 4.99 Å². The number of primary amides is 1. The minimum atomic E-state index is -0.202. The van der Waals surface area contributed by atoms with E-state index in [2.05, 4.69) is 47.8 Å². The summed E-state index contributed by atoms with van der Waals surface area (Å²) >= 11 is 0. The van der Waals surface area contributed by atoms with E-state index in [1.807, 2.05) is 7.05 Å². The SMILES string of the molecule is CN=C(NCCCN(C(C)C)C(C)C)N1CCCC(CC(N)=O)C1. The van der Waals surface area contributed by atoms with Gasteiger partial charge in [-0.1, -0.05) is 0 Å². The number of rotatable bonds is 8. The molecule has 1 saturated heterocycles. The number of hydrogen-bond donors (Lipinski definition) is 2. The standard InChI is InChI=1S/C18H37N5O/c1-14(2)23(15(3)4)11-7-9-21-18(20-5)22-10-6-8-16(13-22)12-17(19)24/h14-16H,6-13H2,1-5H3,(H2,19,24)(H,20,21). The van der Waals surface area contributed by atoms with Gasteiger partial charge >= 0.3 is 0 Å². The number of likely N-dealkylation sites (tertiary alicyclic amines) is 1. The van der Waals surface area contributed by atoms with E-state index in [-0.39, 0.29) is 5.91 Å². The van der Waals surface area contributed by atoms with Gasteiger partial charge in [0.2, 0.25) is 5.91 Å². The van der Waals surface area contributed by atoms with Crippen LogP contribution in [0, 0.1) is 5.92 Å². The van der Waals surface area contributed by atoms with E-state index in [9.17, 15) is 4.79 Å². The summed E-state index contributed by atoms with van der Waals surface area (Å²) in [6, 6.07) is 1.14. The molecule has 0 bridgehead atoms. The molecule has 0 radical (unpaired) electrons. The van der Waals surface area contributed by atoms with Crippen molar-refractivity contribution in [3.05, 3.63) is 0 Å². The van der Waals surface area contributed by atoms with Gasteiger partial charge in [-0.2, -0.15) is 0 Å². The first-order valence-electron chi connectivity index (χ1n) is 9.34. The van der Waals surface area contributed by atoms with E-state index in [0.29, 0.717) is 24.4 Å². The highest BCUT2D eigenvalue weighted by Gasteiger charge is 2.23. The Morgan fingerprint density at radius 3 is 2.54 bits per heavy atom. The maximum atomic E-state index is 11.2. The average Bonchev–Trinajstić information content (AvgIpc) is 2.49. The van der Waals surface area contributed by atoms with E-state index in [0.717, 1.165) is 51.4 Å². The fourth-order valence-electron chi connectivity index (χ4n) is 3.62. The Kier molecular flexibility index (Phi) is 9.11. The van der Waals surface area contributed by atoms with Gasteiger partial charge in [0.1, 0.15) is 0 Å². The maximum absolute atomic E-state index is 11.2. The number of nitrogens with one attached hydrogen (secondary N) is 1. The summed E-state index contributed by atoms with van der Waals surface area (Å²) in [7, 11) is 1.83. The lowest BCUT2D eigenvalue weighted by molar-refractivity contribution is -0.119. The second-order valence-corrected chi connectivity index (χ2v) is 7.38. The van der Waals surface area contributed by atoms with Crippen molar-refractivity contribution in [3.8, 4) is 0 Å². The van der Waals surface area contributed by atoms with Gasteiger partial charge in [0.05, 0.1) is 0 Å². The van der Waals surface area contributed by atoms with E-state index < -0.39 is 0 Å². The predicted octanol–water partition coefficient (Wildman–Crippen LogP) is 1.66. The smallest absolute Gasteiger partial charge is 0.217 e. The van der Waals surface area contributed by atoms with Crippen LogP contribution in [-0.4, -0.2) is 67.0 Å². The van der Waals surface area contributed by atoms with Gasteiger partial charge in [0.15, 0.2) is 5.96 Å². The molecular formula is C18H37N5O. The highest BCUT2D eigenvalue weighted by Crippen LogP contribution is 2.19. The summed E-state index contributed by atoms with van der Waals surface area (Å²) in [5.41, 5.74) is 5.34. The zero-order valence-corrected chi connectivity index (χ0v) is 16.2. The molecule has 0 aliphatic carbocycles. The Morgan fingerprint density at radius 2 is 2.00 bits per heavy atom. The number of carbonyl (C=O) groups is 1. The molecule has 0 saturated carbocycles. The zero-order chi connectivity index (χ0) is 18.1. The fraction of sp³-hybridized carbons (Fsp3) is 0.889. The van der Waals surface area contributed by atoms with Gasteiger partial charge in [-0.15, -0.1) is 0 Å². The molecule has 3 N–H and O–H groups in total. The molecule has 6 heteroatoms. The average molecular weight is 340 g/mol. The van der Waals surface area contributed by atoms with Gasteiger partial charge in [0, 0.05) is 51.7 Å². The summed E-state index contributed by atoms with van der Waals surface area (Å²) in [5.74, 6) is 1.10. The van der Waals surface area contributed by atoms with Gasteiger partial charge in [-0.05, 0) is 52.9 Å². The molecule has 140 valence electrons. The molecule has 0 aromatic rings. The Hall–Kier alpha value is -1.30. The summed E-state index contributed by atoms with van der Waals surface area (Å²) in [4.78, 5) is 20.3. The third kappa shape index (κ3) is 7.07. The largest absolute Gasteiger partial charge is 0.370 e. The van der Waals surface area contributed by atoms with Crippen LogP contribution in [0.2, 0.25) is 0 Å². The van der Waals surface area contributed by atoms with Crippen molar-refractivity contribution in [3.63, 3.8) is 0 Å². The molecule has 1 aliphatic rings. The second-order valence-electron chi connectivity index (χ2n) is 7.38. The number of carbonyl (C=O) groups excluding carboxylic acids is 1. The van der Waals surface area contributed by atoms with E-state index in [1.54, 1.807) is 0 Å². The normalized spacial score (nSPS) is 19.4.